The Morgan fingerprint density at radius 1 is 1.07 bits per heavy atom. The molecule has 2 aromatic rings. The molecule has 3 N–H and O–H groups in total. The van der Waals surface area contributed by atoms with E-state index in [0.717, 1.165) is 17.3 Å². The Kier molecular flexibility index (Phi) is 9.68. The van der Waals surface area contributed by atoms with E-state index in [9.17, 15) is 27.6 Å². The topological polar surface area (TPSA) is 111 Å². The molecule has 14 heteroatoms. The lowest BCUT2D eigenvalue weighted by atomic mass is 10.00. The van der Waals surface area contributed by atoms with Crippen LogP contribution in [0, 0.1) is 0 Å². The highest BCUT2D eigenvalue weighted by Crippen LogP contribution is 2.38. The number of hydrogen-bond acceptors (Lipinski definition) is 6. The van der Waals surface area contributed by atoms with E-state index in [4.69, 9.17) is 22.1 Å². The number of benzene rings is 2. The highest BCUT2D eigenvalue weighted by Gasteiger charge is 2.38. The number of likely N-dealkylation sites (tertiary alicyclic amines) is 2. The third kappa shape index (κ3) is 7.41. The van der Waals surface area contributed by atoms with Gasteiger partial charge in [0.2, 0.25) is 0 Å². The van der Waals surface area contributed by atoms with Crippen LogP contribution in [0.4, 0.5) is 34.1 Å². The van der Waals surface area contributed by atoms with Gasteiger partial charge in [-0.3, -0.25) is 4.79 Å². The molecule has 0 aromatic heterocycles. The lowest BCUT2D eigenvalue weighted by molar-refractivity contribution is -0.142. The third-order valence-corrected chi connectivity index (χ3v) is 9.28. The van der Waals surface area contributed by atoms with Gasteiger partial charge in [0.25, 0.3) is 5.91 Å². The molecule has 1 atom stereocenters. The number of hydrogen-bond donors (Lipinski definition) is 2. The zero-order valence-corrected chi connectivity index (χ0v) is 26.0. The number of urea groups is 1. The van der Waals surface area contributed by atoms with Crippen LogP contribution in [0.25, 0.3) is 0 Å². The van der Waals surface area contributed by atoms with E-state index in [1.807, 2.05) is 38.4 Å². The number of para-hydroxylation sites is 1. The van der Waals surface area contributed by atoms with E-state index in [-0.39, 0.29) is 48.2 Å². The van der Waals surface area contributed by atoms with Crippen molar-refractivity contribution < 1.29 is 32.3 Å². The number of nitrogen functional groups attached to an aromatic ring is 1. The second-order valence-electron chi connectivity index (χ2n) is 12.1. The van der Waals surface area contributed by atoms with Gasteiger partial charge in [-0.1, -0.05) is 29.8 Å². The average molecular weight is 651 g/mol. The van der Waals surface area contributed by atoms with E-state index in [1.54, 1.807) is 9.80 Å². The van der Waals surface area contributed by atoms with E-state index >= 15 is 0 Å². The molecule has 0 radical (unpaired) electrons. The van der Waals surface area contributed by atoms with Gasteiger partial charge in [0.15, 0.2) is 6.10 Å². The van der Waals surface area contributed by atoms with Crippen LogP contribution in [0.15, 0.2) is 36.4 Å². The molecule has 3 aliphatic heterocycles. The predicted molar refractivity (Wildman–Crippen MR) is 164 cm³/mol. The van der Waals surface area contributed by atoms with Gasteiger partial charge in [0.05, 0.1) is 16.3 Å². The molecule has 5 rings (SSSR count). The van der Waals surface area contributed by atoms with Crippen LogP contribution in [-0.4, -0.2) is 96.1 Å². The van der Waals surface area contributed by atoms with Crippen LogP contribution in [0.1, 0.15) is 42.4 Å². The number of halogens is 4. The number of nitrogens with two attached hydrogens (primary N) is 1. The van der Waals surface area contributed by atoms with Gasteiger partial charge in [-0.25, -0.2) is 9.59 Å². The number of amides is 4. The van der Waals surface area contributed by atoms with Crippen molar-refractivity contribution in [3.05, 3.63) is 58.1 Å². The molecule has 4 amide bonds. The average Bonchev–Trinajstić information content (AvgIpc) is 3.01. The number of anilines is 2. The largest absolute Gasteiger partial charge is 0.436 e. The Balaban J connectivity index is 1.28. The Morgan fingerprint density at radius 3 is 2.36 bits per heavy atom. The summed E-state index contributed by atoms with van der Waals surface area (Å²) in [7, 11) is 3.94. The van der Waals surface area contributed by atoms with E-state index in [0.29, 0.717) is 45.3 Å². The highest BCUT2D eigenvalue weighted by molar-refractivity contribution is 6.33. The van der Waals surface area contributed by atoms with Gasteiger partial charge < -0.3 is 35.4 Å². The smallest absolute Gasteiger partial charge is 0.418 e. The first-order valence-electron chi connectivity index (χ1n) is 15.0. The molecule has 0 saturated carbocycles. The number of carbonyl (C=O) groups is 3. The first-order valence-corrected chi connectivity index (χ1v) is 15.4. The summed E-state index contributed by atoms with van der Waals surface area (Å²) >= 11 is 6.05. The van der Waals surface area contributed by atoms with Crippen molar-refractivity contribution in [1.29, 1.82) is 0 Å². The fourth-order valence-electron chi connectivity index (χ4n) is 6.30. The van der Waals surface area contributed by atoms with Crippen molar-refractivity contribution in [1.82, 2.24) is 19.6 Å². The molecule has 3 aliphatic rings. The minimum absolute atomic E-state index is 0.0750. The van der Waals surface area contributed by atoms with Crippen LogP contribution >= 0.6 is 11.6 Å². The Labute approximate surface area is 265 Å². The SMILES string of the molecule is CN(C)C1CCN(C(=O)C(Cc2cc(Cl)c(N)c(C(F)(F)F)c2)OC(=O)N2CCC(N3Cc4ccccc4NC3=O)CC2)CC1. The number of rotatable bonds is 6. The lowest BCUT2D eigenvalue weighted by Crippen LogP contribution is -2.52. The quantitative estimate of drug-likeness (QED) is 0.423. The van der Waals surface area contributed by atoms with Gasteiger partial charge in [-0.05, 0) is 69.1 Å². The number of nitrogens with zero attached hydrogens (tertiary/aromatic N) is 4. The molecule has 1 unspecified atom stereocenters. The second kappa shape index (κ2) is 13.3. The fraction of sp³-hybridized carbons (Fsp3) is 0.516. The molecule has 2 aromatic carbocycles. The first kappa shape index (κ1) is 32.7. The predicted octanol–water partition coefficient (Wildman–Crippen LogP) is 5.05. The lowest BCUT2D eigenvalue weighted by Gasteiger charge is -2.40. The van der Waals surface area contributed by atoms with Gasteiger partial charge in [-0.15, -0.1) is 0 Å². The summed E-state index contributed by atoms with van der Waals surface area (Å²) in [5.74, 6) is -0.472. The highest BCUT2D eigenvalue weighted by atomic mass is 35.5. The molecular formula is C31H38ClF3N6O4. The van der Waals surface area contributed by atoms with Gasteiger partial charge in [0.1, 0.15) is 0 Å². The summed E-state index contributed by atoms with van der Waals surface area (Å²) in [6.07, 6.45) is -4.72. The molecule has 2 saturated heterocycles. The van der Waals surface area contributed by atoms with E-state index < -0.39 is 35.5 Å². The molecule has 0 bridgehead atoms. The molecule has 2 fully saturated rings. The fourth-order valence-corrected chi connectivity index (χ4v) is 6.54. The Morgan fingerprint density at radius 2 is 1.71 bits per heavy atom. The minimum Gasteiger partial charge on any atom is -0.436 e. The molecular weight excluding hydrogens is 613 g/mol. The van der Waals surface area contributed by atoms with Crippen LogP contribution in [-0.2, 0) is 28.7 Å². The summed E-state index contributed by atoms with van der Waals surface area (Å²) in [5, 5.41) is 2.62. The first-order chi connectivity index (χ1) is 21.3. The maximum absolute atomic E-state index is 13.7. The van der Waals surface area contributed by atoms with Gasteiger partial charge in [0, 0.05) is 56.9 Å². The monoisotopic (exact) mass is 650 g/mol. The standard InChI is InChI=1S/C31H38ClF3N6O4/c1-38(2)21-7-11-39(12-8-21)28(42)26(17-19-15-23(31(33,34)35)27(36)24(32)16-19)45-30(44)40-13-9-22(10-14-40)41-18-20-5-3-4-6-25(20)37-29(41)43/h3-6,15-16,21-22,26H,7-14,17-18,36H2,1-2H3,(H,37,43). The Bertz CT molecular complexity index is 1420. The van der Waals surface area contributed by atoms with Crippen molar-refractivity contribution >= 4 is 41.0 Å². The van der Waals surface area contributed by atoms with Crippen LogP contribution in [0.5, 0.6) is 0 Å². The van der Waals surface area contributed by atoms with Crippen molar-refractivity contribution in [2.45, 2.75) is 63.0 Å². The number of fused-ring (bicyclic) bond motifs is 1. The zero-order chi connectivity index (χ0) is 32.5. The zero-order valence-electron chi connectivity index (χ0n) is 25.3. The molecule has 0 spiro atoms. The third-order valence-electron chi connectivity index (χ3n) is 8.96. The number of piperidine rings is 2. The van der Waals surface area contributed by atoms with Gasteiger partial charge >= 0.3 is 18.3 Å². The van der Waals surface area contributed by atoms with Crippen LogP contribution < -0.4 is 11.1 Å². The van der Waals surface area contributed by atoms with E-state index in [1.165, 1.54) is 11.0 Å². The van der Waals surface area contributed by atoms with Crippen molar-refractivity contribution in [3.63, 3.8) is 0 Å². The molecule has 45 heavy (non-hydrogen) atoms. The maximum atomic E-state index is 13.7. The summed E-state index contributed by atoms with van der Waals surface area (Å²) in [6.45, 7) is 1.89. The molecule has 244 valence electrons. The number of ether oxygens (including phenoxy) is 1. The summed E-state index contributed by atoms with van der Waals surface area (Å²) in [5.41, 5.74) is 5.76. The normalized spacial score (nSPS) is 18.9. The van der Waals surface area contributed by atoms with Gasteiger partial charge in [-0.2, -0.15) is 13.2 Å². The van der Waals surface area contributed by atoms with E-state index in [2.05, 4.69) is 10.2 Å². The molecule has 3 heterocycles. The van der Waals surface area contributed by atoms with Crippen molar-refractivity contribution in [2.75, 3.05) is 51.3 Å². The summed E-state index contributed by atoms with van der Waals surface area (Å²) in [6, 6.07) is 9.70. The molecule has 0 aliphatic carbocycles. The second-order valence-corrected chi connectivity index (χ2v) is 12.5. The van der Waals surface area contributed by atoms with Crippen molar-refractivity contribution in [2.24, 2.45) is 0 Å². The summed E-state index contributed by atoms with van der Waals surface area (Å²) < 4.78 is 46.8. The summed E-state index contributed by atoms with van der Waals surface area (Å²) in [4.78, 5) is 46.8. The number of carbonyl (C=O) groups excluding carboxylic acids is 3. The van der Waals surface area contributed by atoms with Crippen molar-refractivity contribution in [3.8, 4) is 0 Å². The minimum atomic E-state index is -4.76. The Hall–Kier alpha value is -3.71. The maximum Gasteiger partial charge on any atom is 0.418 e. The number of alkyl halides is 3. The molecule has 10 nitrogen and oxygen atoms in total. The number of nitrogens with one attached hydrogen (secondary N) is 1. The van der Waals surface area contributed by atoms with Crippen LogP contribution in [0.2, 0.25) is 5.02 Å². The van der Waals surface area contributed by atoms with Crippen LogP contribution in [0.3, 0.4) is 0 Å².